The van der Waals surface area contributed by atoms with Crippen LogP contribution in [0, 0.1) is 0 Å². The monoisotopic (exact) mass is 205 g/mol. The highest BCUT2D eigenvalue weighted by molar-refractivity contribution is 5.74. The van der Waals surface area contributed by atoms with Gasteiger partial charge in [0.2, 0.25) is 0 Å². The summed E-state index contributed by atoms with van der Waals surface area (Å²) in [7, 11) is 1.66. The summed E-state index contributed by atoms with van der Waals surface area (Å²) in [6, 6.07) is 6.16. The van der Waals surface area contributed by atoms with Crippen molar-refractivity contribution in [1.82, 2.24) is 15.2 Å². The van der Waals surface area contributed by atoms with Crippen LogP contribution in [0.1, 0.15) is 18.5 Å². The lowest BCUT2D eigenvalue weighted by molar-refractivity contribution is 0.193. The zero-order chi connectivity index (χ0) is 10.7. The molecule has 1 aliphatic rings. The van der Waals surface area contributed by atoms with E-state index in [9.17, 15) is 4.79 Å². The number of urea groups is 1. The van der Waals surface area contributed by atoms with E-state index in [0.29, 0.717) is 12.6 Å². The molecule has 80 valence electrons. The van der Waals surface area contributed by atoms with E-state index >= 15 is 0 Å². The quantitative estimate of drug-likeness (QED) is 0.810. The first-order chi connectivity index (χ1) is 7.31. The zero-order valence-corrected chi connectivity index (χ0v) is 8.81. The molecule has 0 radical (unpaired) electrons. The summed E-state index contributed by atoms with van der Waals surface area (Å²) >= 11 is 0. The standard InChI is InChI=1S/C11H15N3O/c1-12-11(15)14(10-5-6-10)8-9-4-2-3-7-13-9/h2-4,7,10H,5-6,8H2,1H3,(H,12,15). The number of nitrogens with one attached hydrogen (secondary N) is 1. The van der Waals surface area contributed by atoms with E-state index < -0.39 is 0 Å². The Bertz CT molecular complexity index is 335. The lowest BCUT2D eigenvalue weighted by atomic mass is 10.3. The van der Waals surface area contributed by atoms with Crippen LogP contribution in [0.4, 0.5) is 4.79 Å². The number of aromatic nitrogens is 1. The molecule has 0 saturated heterocycles. The summed E-state index contributed by atoms with van der Waals surface area (Å²) in [5.74, 6) is 0. The second-order valence-electron chi connectivity index (χ2n) is 3.74. The van der Waals surface area contributed by atoms with Gasteiger partial charge in [-0.05, 0) is 25.0 Å². The maximum Gasteiger partial charge on any atom is 0.317 e. The maximum atomic E-state index is 11.6. The van der Waals surface area contributed by atoms with Gasteiger partial charge in [-0.25, -0.2) is 4.79 Å². The molecular formula is C11H15N3O. The van der Waals surface area contributed by atoms with Crippen molar-refractivity contribution in [1.29, 1.82) is 0 Å². The van der Waals surface area contributed by atoms with E-state index in [1.807, 2.05) is 23.1 Å². The molecule has 0 spiro atoms. The van der Waals surface area contributed by atoms with Crippen molar-refractivity contribution in [3.63, 3.8) is 0 Å². The molecule has 0 unspecified atom stereocenters. The topological polar surface area (TPSA) is 45.2 Å². The number of hydrogen-bond acceptors (Lipinski definition) is 2. The summed E-state index contributed by atoms with van der Waals surface area (Å²) in [5.41, 5.74) is 0.938. The number of carbonyl (C=O) groups excluding carboxylic acids is 1. The summed E-state index contributed by atoms with van der Waals surface area (Å²) in [5, 5.41) is 2.67. The fourth-order valence-electron chi connectivity index (χ4n) is 1.56. The number of hydrogen-bond donors (Lipinski definition) is 1. The molecule has 1 N–H and O–H groups in total. The zero-order valence-electron chi connectivity index (χ0n) is 8.81. The summed E-state index contributed by atoms with van der Waals surface area (Å²) in [6.07, 6.45) is 3.98. The van der Waals surface area contributed by atoms with Crippen molar-refractivity contribution in [2.45, 2.75) is 25.4 Å². The molecule has 1 heterocycles. The second kappa shape index (κ2) is 4.29. The first kappa shape index (κ1) is 9.96. The van der Waals surface area contributed by atoms with E-state index in [1.165, 1.54) is 0 Å². The van der Waals surface area contributed by atoms with Gasteiger partial charge in [-0.2, -0.15) is 0 Å². The van der Waals surface area contributed by atoms with E-state index in [-0.39, 0.29) is 6.03 Å². The van der Waals surface area contributed by atoms with Crippen molar-refractivity contribution in [2.24, 2.45) is 0 Å². The Hall–Kier alpha value is -1.58. The van der Waals surface area contributed by atoms with Crippen LogP contribution in [-0.4, -0.2) is 29.0 Å². The number of carbonyl (C=O) groups is 1. The van der Waals surface area contributed by atoms with Crippen LogP contribution in [-0.2, 0) is 6.54 Å². The molecule has 2 amide bonds. The van der Waals surface area contributed by atoms with Gasteiger partial charge in [0.25, 0.3) is 0 Å². The Balaban J connectivity index is 2.04. The molecule has 4 heteroatoms. The average Bonchev–Trinajstić information content (AvgIpc) is 3.10. The third kappa shape index (κ3) is 2.46. The number of rotatable bonds is 3. The van der Waals surface area contributed by atoms with Gasteiger partial charge in [0.15, 0.2) is 0 Å². The minimum atomic E-state index is -0.0110. The molecule has 1 aromatic heterocycles. The van der Waals surface area contributed by atoms with E-state index in [4.69, 9.17) is 0 Å². The largest absolute Gasteiger partial charge is 0.341 e. The third-order valence-corrected chi connectivity index (χ3v) is 2.52. The molecule has 1 saturated carbocycles. The molecule has 1 fully saturated rings. The lowest BCUT2D eigenvalue weighted by Gasteiger charge is -2.21. The smallest absolute Gasteiger partial charge is 0.317 e. The SMILES string of the molecule is CNC(=O)N(Cc1ccccn1)C1CC1. The first-order valence-electron chi connectivity index (χ1n) is 5.19. The van der Waals surface area contributed by atoms with Crippen LogP contribution in [0.2, 0.25) is 0 Å². The highest BCUT2D eigenvalue weighted by atomic mass is 16.2. The summed E-state index contributed by atoms with van der Waals surface area (Å²) in [4.78, 5) is 17.7. The Morgan fingerprint density at radius 2 is 2.40 bits per heavy atom. The molecule has 0 atom stereocenters. The van der Waals surface area contributed by atoms with Gasteiger partial charge in [0, 0.05) is 19.3 Å². The van der Waals surface area contributed by atoms with Crippen molar-refractivity contribution in [3.05, 3.63) is 30.1 Å². The van der Waals surface area contributed by atoms with Crippen molar-refractivity contribution < 1.29 is 4.79 Å². The fraction of sp³-hybridized carbons (Fsp3) is 0.455. The average molecular weight is 205 g/mol. The highest BCUT2D eigenvalue weighted by Crippen LogP contribution is 2.27. The van der Waals surface area contributed by atoms with Crippen molar-refractivity contribution in [2.75, 3.05) is 7.05 Å². The first-order valence-corrected chi connectivity index (χ1v) is 5.19. The number of amides is 2. The third-order valence-electron chi connectivity index (χ3n) is 2.52. The van der Waals surface area contributed by atoms with Gasteiger partial charge in [0.05, 0.1) is 12.2 Å². The van der Waals surface area contributed by atoms with Gasteiger partial charge in [0.1, 0.15) is 0 Å². The van der Waals surface area contributed by atoms with Crippen LogP contribution in [0.5, 0.6) is 0 Å². The van der Waals surface area contributed by atoms with Gasteiger partial charge in [-0.1, -0.05) is 6.07 Å². The Morgan fingerprint density at radius 3 is 2.93 bits per heavy atom. The van der Waals surface area contributed by atoms with Crippen LogP contribution in [0.15, 0.2) is 24.4 Å². The van der Waals surface area contributed by atoms with Crippen LogP contribution in [0.25, 0.3) is 0 Å². The fourth-order valence-corrected chi connectivity index (χ4v) is 1.56. The van der Waals surface area contributed by atoms with E-state index in [2.05, 4.69) is 10.3 Å². The normalized spacial score (nSPS) is 14.7. The minimum absolute atomic E-state index is 0.0110. The molecule has 1 aliphatic carbocycles. The van der Waals surface area contributed by atoms with Gasteiger partial charge >= 0.3 is 6.03 Å². The van der Waals surface area contributed by atoms with Crippen molar-refractivity contribution in [3.8, 4) is 0 Å². The van der Waals surface area contributed by atoms with Crippen molar-refractivity contribution >= 4 is 6.03 Å². The molecule has 15 heavy (non-hydrogen) atoms. The maximum absolute atomic E-state index is 11.6. The Morgan fingerprint density at radius 1 is 1.60 bits per heavy atom. The van der Waals surface area contributed by atoms with Crippen LogP contribution >= 0.6 is 0 Å². The number of nitrogens with zero attached hydrogens (tertiary/aromatic N) is 2. The molecule has 0 bridgehead atoms. The van der Waals surface area contributed by atoms with Crippen LogP contribution in [0.3, 0.4) is 0 Å². The molecule has 1 aromatic rings. The lowest BCUT2D eigenvalue weighted by Crippen LogP contribution is -2.39. The molecule has 0 aromatic carbocycles. The second-order valence-corrected chi connectivity index (χ2v) is 3.74. The van der Waals surface area contributed by atoms with Gasteiger partial charge in [-0.15, -0.1) is 0 Å². The minimum Gasteiger partial charge on any atom is -0.341 e. The summed E-state index contributed by atoms with van der Waals surface area (Å²) in [6.45, 7) is 0.602. The highest BCUT2D eigenvalue weighted by Gasteiger charge is 2.32. The predicted octanol–water partition coefficient (Wildman–Crippen LogP) is 1.39. The molecular weight excluding hydrogens is 190 g/mol. The van der Waals surface area contributed by atoms with Gasteiger partial charge < -0.3 is 10.2 Å². The molecule has 4 nitrogen and oxygen atoms in total. The Labute approximate surface area is 89.3 Å². The predicted molar refractivity (Wildman–Crippen MR) is 57.3 cm³/mol. The number of pyridine rings is 1. The van der Waals surface area contributed by atoms with Crippen LogP contribution < -0.4 is 5.32 Å². The Kier molecular flexibility index (Phi) is 2.85. The molecule has 2 rings (SSSR count). The summed E-state index contributed by atoms with van der Waals surface area (Å²) < 4.78 is 0. The molecule has 0 aliphatic heterocycles. The van der Waals surface area contributed by atoms with Gasteiger partial charge in [-0.3, -0.25) is 4.98 Å². The van der Waals surface area contributed by atoms with E-state index in [0.717, 1.165) is 18.5 Å². The van der Waals surface area contributed by atoms with E-state index in [1.54, 1.807) is 13.2 Å².